The fourth-order valence-corrected chi connectivity index (χ4v) is 3.48. The van der Waals surface area contributed by atoms with E-state index in [2.05, 4.69) is 15.4 Å². The number of hydrogen-bond donors (Lipinski definition) is 4. The highest BCUT2D eigenvalue weighted by atomic mass is 31.2. The number of carbonyl (C=O) groups is 4. The minimum atomic E-state index is -1.84. The van der Waals surface area contributed by atoms with Crippen LogP contribution in [0.15, 0.2) is 0 Å². The molecule has 0 aliphatic heterocycles. The summed E-state index contributed by atoms with van der Waals surface area (Å²) >= 11 is 0. The Morgan fingerprint density at radius 2 is 1.63 bits per heavy atom. The first-order chi connectivity index (χ1) is 14.3. The van der Waals surface area contributed by atoms with Gasteiger partial charge in [-0.1, -0.05) is 26.7 Å². The molecule has 0 aromatic carbocycles. The van der Waals surface area contributed by atoms with Gasteiger partial charge in [0.05, 0.1) is 20.3 Å². The molecular weight excluding hydrogens is 417 g/mol. The van der Waals surface area contributed by atoms with Crippen molar-refractivity contribution in [2.24, 2.45) is 5.73 Å². The first-order valence-corrected chi connectivity index (χ1v) is 11.2. The van der Waals surface area contributed by atoms with Gasteiger partial charge in [0.1, 0.15) is 12.6 Å². The smallest absolute Gasteiger partial charge is 0.325 e. The lowest BCUT2D eigenvalue weighted by atomic mass is 10.1. The van der Waals surface area contributed by atoms with Gasteiger partial charge in [-0.2, -0.15) is 0 Å². The molecule has 0 fully saturated rings. The highest BCUT2D eigenvalue weighted by molar-refractivity contribution is 7.49. The Hall–Kier alpha value is -1.81. The second-order valence-electron chi connectivity index (χ2n) is 6.41. The van der Waals surface area contributed by atoms with Gasteiger partial charge in [0, 0.05) is 6.42 Å². The molecule has 12 heteroatoms. The Morgan fingerprint density at radius 1 is 1.07 bits per heavy atom. The van der Waals surface area contributed by atoms with E-state index in [4.69, 9.17) is 19.9 Å². The molecule has 0 radical (unpaired) electrons. The number of carboxylic acids is 1. The lowest BCUT2D eigenvalue weighted by Crippen LogP contribution is -2.47. The summed E-state index contributed by atoms with van der Waals surface area (Å²) in [5.74, 6) is -4.27. The summed E-state index contributed by atoms with van der Waals surface area (Å²) in [7, 11) is -0.648. The Bertz CT molecular complexity index is 540. The maximum atomic E-state index is 12.7. The van der Waals surface area contributed by atoms with Gasteiger partial charge in [0.15, 0.2) is 5.78 Å². The number of ether oxygens (including phenoxy) is 1. The molecule has 0 aromatic heterocycles. The fraction of sp³-hybridized carbons (Fsp3) is 0.778. The molecule has 2 amide bonds. The molecular formula is C18H34N3O8P. The van der Waals surface area contributed by atoms with E-state index in [1.54, 1.807) is 0 Å². The summed E-state index contributed by atoms with van der Waals surface area (Å²) < 4.78 is 16.0. The number of amides is 2. The molecule has 5 N–H and O–H groups in total. The number of aliphatic carboxylic acids is 1. The third kappa shape index (κ3) is 12.7. The monoisotopic (exact) mass is 451 g/mol. The number of methoxy groups -OCH3 is 1. The summed E-state index contributed by atoms with van der Waals surface area (Å²) in [6.45, 7) is 4.28. The predicted octanol–water partition coefficient (Wildman–Crippen LogP) is 0.855. The predicted molar refractivity (Wildman–Crippen MR) is 110 cm³/mol. The lowest BCUT2D eigenvalue weighted by Gasteiger charge is -2.26. The Morgan fingerprint density at radius 3 is 2.10 bits per heavy atom. The van der Waals surface area contributed by atoms with Crippen LogP contribution in [0.2, 0.25) is 0 Å². The van der Waals surface area contributed by atoms with Crippen molar-refractivity contribution in [2.45, 2.75) is 64.2 Å². The number of esters is 1. The van der Waals surface area contributed by atoms with Gasteiger partial charge in [-0.3, -0.25) is 19.2 Å². The second-order valence-corrected chi connectivity index (χ2v) is 8.01. The van der Waals surface area contributed by atoms with Gasteiger partial charge < -0.3 is 35.3 Å². The molecule has 30 heavy (non-hydrogen) atoms. The quantitative estimate of drug-likeness (QED) is 0.142. The molecule has 0 aliphatic carbocycles. The van der Waals surface area contributed by atoms with Crippen LogP contribution in [-0.2, 0) is 33.0 Å². The van der Waals surface area contributed by atoms with Crippen molar-refractivity contribution >= 4 is 32.1 Å². The number of carboxylic acid groups (broad SMARTS) is 1. The normalized spacial score (nSPS) is 12.8. The maximum absolute atomic E-state index is 12.7. The summed E-state index contributed by atoms with van der Waals surface area (Å²) in [6.07, 6.45) is 2.94. The van der Waals surface area contributed by atoms with Crippen LogP contribution in [0.5, 0.6) is 0 Å². The van der Waals surface area contributed by atoms with Crippen molar-refractivity contribution in [3.63, 3.8) is 0 Å². The van der Waals surface area contributed by atoms with Gasteiger partial charge in [-0.25, -0.2) is 0 Å². The topological polar surface area (TPSA) is 166 Å². The maximum Gasteiger partial charge on any atom is 0.325 e. The average molecular weight is 451 g/mol. The third-order valence-corrected chi connectivity index (χ3v) is 5.48. The van der Waals surface area contributed by atoms with E-state index in [1.807, 2.05) is 13.8 Å². The van der Waals surface area contributed by atoms with E-state index in [1.165, 1.54) is 7.11 Å². The average Bonchev–Trinajstić information content (AvgIpc) is 2.72. The Labute approximate surface area is 178 Å². The van der Waals surface area contributed by atoms with E-state index >= 15 is 0 Å². The zero-order valence-corrected chi connectivity index (χ0v) is 18.7. The van der Waals surface area contributed by atoms with Crippen molar-refractivity contribution in [3.8, 4) is 0 Å². The van der Waals surface area contributed by atoms with Crippen LogP contribution in [0.3, 0.4) is 0 Å². The minimum absolute atomic E-state index is 0.0943. The number of nitrogens with one attached hydrogen (secondary N) is 2. The van der Waals surface area contributed by atoms with Crippen LogP contribution in [0.1, 0.15) is 52.4 Å². The highest BCUT2D eigenvalue weighted by Gasteiger charge is 2.33. The lowest BCUT2D eigenvalue weighted by molar-refractivity contribution is -0.141. The molecule has 0 rings (SSSR count). The zero-order chi connectivity index (χ0) is 22.9. The number of hydrogen-bond acceptors (Lipinski definition) is 8. The van der Waals surface area contributed by atoms with Crippen molar-refractivity contribution in [3.05, 3.63) is 0 Å². The second kappa shape index (κ2) is 16.9. The first kappa shape index (κ1) is 28.2. The number of unbranched alkanes of at least 4 members (excludes halogenated alkanes) is 2. The van der Waals surface area contributed by atoms with E-state index < -0.39 is 44.0 Å². The summed E-state index contributed by atoms with van der Waals surface area (Å²) in [4.78, 5) is 47.1. The van der Waals surface area contributed by atoms with Gasteiger partial charge in [0.2, 0.25) is 14.3 Å². The van der Waals surface area contributed by atoms with Crippen molar-refractivity contribution in [1.82, 2.24) is 10.6 Å². The molecule has 0 saturated heterocycles. The number of carbonyl (C=O) groups excluding carboxylic acids is 3. The molecule has 2 atom stereocenters. The summed E-state index contributed by atoms with van der Waals surface area (Å²) in [5, 5.41) is 13.8. The van der Waals surface area contributed by atoms with E-state index in [-0.39, 0.29) is 19.4 Å². The minimum Gasteiger partial charge on any atom is -0.480 e. The fourth-order valence-electron chi connectivity index (χ4n) is 1.96. The molecule has 0 aliphatic rings. The van der Waals surface area contributed by atoms with Crippen molar-refractivity contribution < 1.29 is 38.1 Å². The van der Waals surface area contributed by atoms with Gasteiger partial charge in [-0.15, -0.1) is 0 Å². The van der Waals surface area contributed by atoms with E-state index in [0.29, 0.717) is 13.2 Å². The molecule has 0 aromatic rings. The largest absolute Gasteiger partial charge is 0.480 e. The van der Waals surface area contributed by atoms with Crippen LogP contribution in [0.25, 0.3) is 0 Å². The Kier molecular flexibility index (Phi) is 15.9. The molecule has 2 unspecified atom stereocenters. The van der Waals surface area contributed by atoms with Gasteiger partial charge in [-0.05, 0) is 19.3 Å². The third-order valence-electron chi connectivity index (χ3n) is 3.82. The molecule has 11 nitrogen and oxygen atoms in total. The van der Waals surface area contributed by atoms with Crippen molar-refractivity contribution in [2.75, 3.05) is 26.9 Å². The standard InChI is InChI=1S/C18H34N3O8P/c1-4-6-10-28-30(29-11-7-5-2)17(16(24)20-12-15(23)27-3)21-14(22)9-8-13(19)18(25)26/h13,17H,4-12,19H2,1-3H3,(H,20,24)(H,21,22)(H,25,26). The van der Waals surface area contributed by atoms with Crippen LogP contribution in [0, 0.1) is 0 Å². The molecule has 174 valence electrons. The highest BCUT2D eigenvalue weighted by Crippen LogP contribution is 2.43. The first-order valence-electron chi connectivity index (χ1n) is 9.94. The molecule has 0 saturated carbocycles. The van der Waals surface area contributed by atoms with Gasteiger partial charge >= 0.3 is 11.9 Å². The number of rotatable bonds is 17. The van der Waals surface area contributed by atoms with E-state index in [9.17, 15) is 19.2 Å². The molecule has 0 bridgehead atoms. The van der Waals surface area contributed by atoms with Crippen LogP contribution in [0.4, 0.5) is 0 Å². The summed E-state index contributed by atoms with van der Waals surface area (Å²) in [6, 6.07) is -1.19. The molecule has 0 heterocycles. The van der Waals surface area contributed by atoms with Crippen LogP contribution >= 0.6 is 8.38 Å². The van der Waals surface area contributed by atoms with Crippen molar-refractivity contribution in [1.29, 1.82) is 0 Å². The van der Waals surface area contributed by atoms with Gasteiger partial charge in [0.25, 0.3) is 5.91 Å². The van der Waals surface area contributed by atoms with E-state index in [0.717, 1.165) is 25.7 Å². The number of nitrogens with two attached hydrogens (primary N) is 1. The van der Waals surface area contributed by atoms with Crippen LogP contribution < -0.4 is 16.4 Å². The zero-order valence-electron chi connectivity index (χ0n) is 17.8. The summed E-state index contributed by atoms with van der Waals surface area (Å²) in [5.41, 5.74) is 5.42. The Balaban J connectivity index is 5.24. The van der Waals surface area contributed by atoms with Crippen LogP contribution in [-0.4, -0.2) is 67.6 Å². The molecule has 0 spiro atoms. The SMILES string of the molecule is CCCCOP(OCCCC)C(NC(=O)CCC(N)C(=O)O)C(=O)NCC(=O)OC.